The molecule has 138 valence electrons. The lowest BCUT2D eigenvalue weighted by atomic mass is 9.81. The number of rotatable bonds is 7. The van der Waals surface area contributed by atoms with Gasteiger partial charge < -0.3 is 9.47 Å². The molecule has 2 rings (SSSR count). The molecule has 0 amide bonds. The summed E-state index contributed by atoms with van der Waals surface area (Å²) in [7, 11) is 0. The SMILES string of the molecule is CC(=O)OC(Br)(Oc1ccc(Cl)cc1)C(=O)C(C)(C)Cc1ccccc1. The predicted octanol–water partition coefficient (Wildman–Crippen LogP) is 5.17. The molecule has 0 spiro atoms. The van der Waals surface area contributed by atoms with Crippen molar-refractivity contribution in [2.75, 3.05) is 0 Å². The molecule has 0 aliphatic heterocycles. The first-order valence-corrected chi connectivity index (χ1v) is 9.21. The highest BCUT2D eigenvalue weighted by Gasteiger charge is 2.49. The molecule has 0 radical (unpaired) electrons. The third-order valence-electron chi connectivity index (χ3n) is 3.71. The largest absolute Gasteiger partial charge is 0.437 e. The van der Waals surface area contributed by atoms with E-state index in [2.05, 4.69) is 15.9 Å². The minimum Gasteiger partial charge on any atom is -0.437 e. The molecule has 0 bridgehead atoms. The Morgan fingerprint density at radius 1 is 1.04 bits per heavy atom. The fraction of sp³-hybridized carbons (Fsp3) is 0.300. The minimum absolute atomic E-state index is 0.344. The fourth-order valence-corrected chi connectivity index (χ4v) is 3.62. The number of hydrogen-bond donors (Lipinski definition) is 0. The topological polar surface area (TPSA) is 52.6 Å². The Bertz CT molecular complexity index is 774. The van der Waals surface area contributed by atoms with Gasteiger partial charge in [-0.25, -0.2) is 0 Å². The van der Waals surface area contributed by atoms with Crippen LogP contribution < -0.4 is 4.74 Å². The van der Waals surface area contributed by atoms with Crippen molar-refractivity contribution in [3.63, 3.8) is 0 Å². The van der Waals surface area contributed by atoms with E-state index in [4.69, 9.17) is 21.1 Å². The molecule has 26 heavy (non-hydrogen) atoms. The Morgan fingerprint density at radius 3 is 2.15 bits per heavy atom. The number of ether oxygens (including phenoxy) is 2. The maximum Gasteiger partial charge on any atom is 0.373 e. The van der Waals surface area contributed by atoms with Gasteiger partial charge in [-0.05, 0) is 36.2 Å². The average Bonchev–Trinajstić information content (AvgIpc) is 2.56. The van der Waals surface area contributed by atoms with Gasteiger partial charge in [0.1, 0.15) is 5.75 Å². The van der Waals surface area contributed by atoms with Gasteiger partial charge in [0.15, 0.2) is 0 Å². The molecule has 1 unspecified atom stereocenters. The summed E-state index contributed by atoms with van der Waals surface area (Å²) in [5.41, 5.74) is 0.141. The van der Waals surface area contributed by atoms with Crippen molar-refractivity contribution in [1.29, 1.82) is 0 Å². The molecular formula is C20H20BrClO4. The summed E-state index contributed by atoms with van der Waals surface area (Å²) in [4.78, 5) is 24.8. The lowest BCUT2D eigenvalue weighted by molar-refractivity contribution is -0.180. The molecule has 2 aromatic carbocycles. The van der Waals surface area contributed by atoms with Crippen LogP contribution in [0.5, 0.6) is 5.75 Å². The molecular weight excluding hydrogens is 420 g/mol. The van der Waals surface area contributed by atoms with Gasteiger partial charge in [-0.2, -0.15) is 0 Å². The third kappa shape index (κ3) is 5.32. The summed E-state index contributed by atoms with van der Waals surface area (Å²) in [6, 6.07) is 16.1. The minimum atomic E-state index is -1.93. The van der Waals surface area contributed by atoms with Crippen LogP contribution in [0.3, 0.4) is 0 Å². The molecule has 4 nitrogen and oxygen atoms in total. The van der Waals surface area contributed by atoms with Crippen molar-refractivity contribution in [2.24, 2.45) is 5.41 Å². The number of carbonyl (C=O) groups excluding carboxylic acids is 2. The summed E-state index contributed by atoms with van der Waals surface area (Å²) < 4.78 is 9.02. The van der Waals surface area contributed by atoms with Crippen molar-refractivity contribution in [3.8, 4) is 5.75 Å². The summed E-state index contributed by atoms with van der Waals surface area (Å²) in [6.45, 7) is 4.79. The monoisotopic (exact) mass is 438 g/mol. The van der Waals surface area contributed by atoms with E-state index in [1.165, 1.54) is 6.92 Å². The van der Waals surface area contributed by atoms with Crippen LogP contribution in [0.1, 0.15) is 26.3 Å². The van der Waals surface area contributed by atoms with Crippen LogP contribution in [-0.4, -0.2) is 16.4 Å². The zero-order valence-electron chi connectivity index (χ0n) is 14.8. The summed E-state index contributed by atoms with van der Waals surface area (Å²) in [6.07, 6.45) is 0.464. The molecule has 1 atom stereocenters. The highest BCUT2D eigenvalue weighted by Crippen LogP contribution is 2.36. The lowest BCUT2D eigenvalue weighted by Gasteiger charge is -2.33. The molecule has 0 heterocycles. The van der Waals surface area contributed by atoms with Gasteiger partial charge in [-0.1, -0.05) is 55.8 Å². The van der Waals surface area contributed by atoms with Crippen LogP contribution in [0, 0.1) is 5.41 Å². The van der Waals surface area contributed by atoms with Crippen molar-refractivity contribution >= 4 is 39.3 Å². The number of carbonyl (C=O) groups is 2. The molecule has 0 fully saturated rings. The van der Waals surface area contributed by atoms with Crippen LogP contribution in [0.2, 0.25) is 5.02 Å². The van der Waals surface area contributed by atoms with Crippen molar-refractivity contribution in [2.45, 2.75) is 31.9 Å². The van der Waals surface area contributed by atoms with E-state index in [1.54, 1.807) is 38.1 Å². The lowest BCUT2D eigenvalue weighted by Crippen LogP contribution is -2.49. The first kappa shape index (κ1) is 20.5. The quantitative estimate of drug-likeness (QED) is 0.339. The number of esters is 1. The smallest absolute Gasteiger partial charge is 0.373 e. The second-order valence-electron chi connectivity index (χ2n) is 6.56. The highest BCUT2D eigenvalue weighted by molar-refractivity contribution is 9.10. The fourth-order valence-electron chi connectivity index (χ4n) is 2.54. The number of ketones is 1. The van der Waals surface area contributed by atoms with E-state index in [0.717, 1.165) is 5.56 Å². The molecule has 0 aliphatic carbocycles. The van der Waals surface area contributed by atoms with Crippen molar-refractivity contribution in [1.82, 2.24) is 0 Å². The highest BCUT2D eigenvalue weighted by atomic mass is 79.9. The number of Topliss-reactive ketones (excluding diaryl/α,β-unsaturated/α-hetero) is 1. The zero-order valence-corrected chi connectivity index (χ0v) is 17.1. The van der Waals surface area contributed by atoms with Gasteiger partial charge in [-0.3, -0.25) is 9.59 Å². The van der Waals surface area contributed by atoms with Crippen LogP contribution in [0.15, 0.2) is 54.6 Å². The summed E-state index contributed by atoms with van der Waals surface area (Å²) >= 11 is 9.08. The first-order valence-electron chi connectivity index (χ1n) is 8.04. The Morgan fingerprint density at radius 2 is 1.62 bits per heavy atom. The van der Waals surface area contributed by atoms with Gasteiger partial charge in [-0.15, -0.1) is 0 Å². The Hall–Kier alpha value is -1.85. The summed E-state index contributed by atoms with van der Waals surface area (Å²) in [5, 5.41) is 0.528. The van der Waals surface area contributed by atoms with Crippen molar-refractivity contribution in [3.05, 3.63) is 65.2 Å². The van der Waals surface area contributed by atoms with Gasteiger partial charge in [0, 0.05) is 33.3 Å². The second-order valence-corrected chi connectivity index (χ2v) is 8.04. The van der Waals surface area contributed by atoms with E-state index in [-0.39, 0.29) is 0 Å². The van der Waals surface area contributed by atoms with E-state index < -0.39 is 21.9 Å². The average molecular weight is 440 g/mol. The van der Waals surface area contributed by atoms with Gasteiger partial charge in [0.2, 0.25) is 5.78 Å². The maximum absolute atomic E-state index is 13.2. The number of alkyl halides is 1. The van der Waals surface area contributed by atoms with Gasteiger partial charge in [0.05, 0.1) is 0 Å². The van der Waals surface area contributed by atoms with E-state index >= 15 is 0 Å². The van der Waals surface area contributed by atoms with Crippen LogP contribution in [0.25, 0.3) is 0 Å². The third-order valence-corrected chi connectivity index (χ3v) is 4.65. The standard InChI is InChI=1S/C20H20BrClO4/c1-14(23)25-20(21,26-17-11-9-16(22)10-12-17)18(24)19(2,3)13-15-7-5-4-6-8-15/h4-12H,13H2,1-3H3. The van der Waals surface area contributed by atoms with E-state index in [9.17, 15) is 9.59 Å². The number of benzene rings is 2. The second kappa shape index (κ2) is 8.23. The normalized spacial score (nSPS) is 13.6. The Kier molecular flexibility index (Phi) is 6.48. The Balaban J connectivity index is 2.29. The Labute approximate surface area is 166 Å². The van der Waals surface area contributed by atoms with E-state index in [1.807, 2.05) is 30.3 Å². The van der Waals surface area contributed by atoms with Gasteiger partial charge in [0.25, 0.3) is 0 Å². The van der Waals surface area contributed by atoms with Crippen LogP contribution in [-0.2, 0) is 20.7 Å². The number of halogens is 2. The first-order chi connectivity index (χ1) is 12.1. The maximum atomic E-state index is 13.2. The molecule has 0 N–H and O–H groups in total. The van der Waals surface area contributed by atoms with Crippen LogP contribution >= 0.6 is 27.5 Å². The molecule has 6 heteroatoms. The molecule has 0 aromatic heterocycles. The molecule has 2 aromatic rings. The molecule has 0 aliphatic rings. The van der Waals surface area contributed by atoms with Crippen molar-refractivity contribution < 1.29 is 19.1 Å². The molecule has 0 saturated carbocycles. The summed E-state index contributed by atoms with van der Waals surface area (Å²) in [5.74, 6) is -0.699. The van der Waals surface area contributed by atoms with Gasteiger partial charge >= 0.3 is 10.7 Å². The predicted molar refractivity (Wildman–Crippen MR) is 104 cm³/mol. The van der Waals surface area contributed by atoms with E-state index in [0.29, 0.717) is 17.2 Å². The molecule has 0 saturated heterocycles. The number of hydrogen-bond acceptors (Lipinski definition) is 4. The zero-order chi connectivity index (χ0) is 19.4. The van der Waals surface area contributed by atoms with Crippen LogP contribution in [0.4, 0.5) is 0 Å².